The Morgan fingerprint density at radius 2 is 0.879 bits per heavy atom. The lowest BCUT2D eigenvalue weighted by molar-refractivity contribution is -0.870. The van der Waals surface area contributed by atoms with Gasteiger partial charge in [-0.25, -0.2) is 4.57 Å². The van der Waals surface area contributed by atoms with Gasteiger partial charge in [0.2, 0.25) is 0 Å². The van der Waals surface area contributed by atoms with Crippen molar-refractivity contribution < 1.29 is 37.3 Å². The minimum absolute atomic E-state index is 0.0867. The summed E-state index contributed by atoms with van der Waals surface area (Å²) in [5.41, 5.74) is 0. The van der Waals surface area contributed by atoms with Crippen molar-refractivity contribution >= 4 is 13.8 Å². The van der Waals surface area contributed by atoms with Crippen LogP contribution in [0.3, 0.4) is 0 Å². The molecule has 0 spiro atoms. The van der Waals surface area contributed by atoms with Crippen LogP contribution in [0.5, 0.6) is 0 Å². The van der Waals surface area contributed by atoms with Crippen molar-refractivity contribution in [3.05, 3.63) is 60.8 Å². The largest absolute Gasteiger partial charge is 0.472 e. The highest BCUT2D eigenvalue weighted by Gasteiger charge is 2.26. The summed E-state index contributed by atoms with van der Waals surface area (Å²) < 4.78 is 35.2. The van der Waals surface area contributed by atoms with Crippen LogP contribution < -0.4 is 0 Å². The fourth-order valence-electron chi connectivity index (χ4n) is 7.64. The third kappa shape index (κ3) is 53.2. The normalized spacial score (nSPS) is 14.0. The summed E-state index contributed by atoms with van der Waals surface area (Å²) >= 11 is 0. The first-order valence-corrected chi connectivity index (χ1v) is 29.0. The lowest BCUT2D eigenvalue weighted by Crippen LogP contribution is -2.37. The number of rotatable bonds is 51. The maximum absolute atomic E-state index is 12.8. The number of allylic oxidation sites excluding steroid dienone is 10. The van der Waals surface area contributed by atoms with Crippen LogP contribution in [0.1, 0.15) is 239 Å². The van der Waals surface area contributed by atoms with Crippen LogP contribution in [0.15, 0.2) is 60.8 Å². The van der Waals surface area contributed by atoms with Gasteiger partial charge < -0.3 is 18.9 Å². The molecule has 0 heterocycles. The number of nitrogens with zero attached hydrogens (tertiary/aromatic N) is 1. The minimum Gasteiger partial charge on any atom is -0.457 e. The van der Waals surface area contributed by atoms with E-state index in [2.05, 4.69) is 74.6 Å². The Kier molecular flexibility index (Phi) is 48.3. The molecule has 2 atom stereocenters. The predicted molar refractivity (Wildman–Crippen MR) is 284 cm³/mol. The molecule has 0 rings (SSSR count). The number of hydrogen-bond acceptors (Lipinski definition) is 6. The molecule has 0 aromatic rings. The SMILES string of the molecule is CC/C=C\C/C=C\C/C=C\C/C=C\C/C=C\CCCCCCCCCCCC(=O)OC(COCCCCCCCCCCCCCCCCCCCCC)COP(=O)(O)OCC[N+](C)(C)C. The van der Waals surface area contributed by atoms with E-state index in [1.54, 1.807) is 0 Å². The second kappa shape index (κ2) is 49.6. The van der Waals surface area contributed by atoms with E-state index in [-0.39, 0.29) is 25.8 Å². The van der Waals surface area contributed by atoms with Gasteiger partial charge in [-0.05, 0) is 57.8 Å². The number of quaternary nitrogens is 1. The quantitative estimate of drug-likeness (QED) is 0.0213. The molecule has 0 radical (unpaired) electrons. The molecule has 66 heavy (non-hydrogen) atoms. The van der Waals surface area contributed by atoms with Crippen LogP contribution in [0.25, 0.3) is 0 Å². The summed E-state index contributed by atoms with van der Waals surface area (Å²) in [4.78, 5) is 23.1. The number of likely N-dealkylation sites (N-methyl/N-ethyl adjacent to an activating group) is 1. The Morgan fingerprint density at radius 1 is 0.485 bits per heavy atom. The van der Waals surface area contributed by atoms with Crippen molar-refractivity contribution in [2.75, 3.05) is 54.1 Å². The molecule has 0 bridgehead atoms. The van der Waals surface area contributed by atoms with Crippen LogP contribution >= 0.6 is 7.82 Å². The van der Waals surface area contributed by atoms with E-state index in [0.29, 0.717) is 24.1 Å². The predicted octanol–water partition coefficient (Wildman–Crippen LogP) is 17.2. The van der Waals surface area contributed by atoms with Gasteiger partial charge in [0.1, 0.15) is 19.3 Å². The number of ether oxygens (including phenoxy) is 2. The maximum atomic E-state index is 12.8. The fourth-order valence-corrected chi connectivity index (χ4v) is 8.38. The van der Waals surface area contributed by atoms with Crippen molar-refractivity contribution in [3.63, 3.8) is 0 Å². The molecule has 0 aliphatic rings. The highest BCUT2D eigenvalue weighted by molar-refractivity contribution is 7.47. The molecule has 1 N–H and O–H groups in total. The molecule has 0 aliphatic heterocycles. The number of carbonyl (C=O) groups is 1. The summed E-state index contributed by atoms with van der Waals surface area (Å²) in [6.07, 6.45) is 64.1. The van der Waals surface area contributed by atoms with Gasteiger partial charge in [-0.3, -0.25) is 13.8 Å². The molecule has 0 amide bonds. The van der Waals surface area contributed by atoms with Crippen molar-refractivity contribution in [2.24, 2.45) is 0 Å². The number of esters is 1. The van der Waals surface area contributed by atoms with Crippen LogP contribution in [-0.4, -0.2) is 75.6 Å². The molecule has 0 aliphatic carbocycles. The van der Waals surface area contributed by atoms with Gasteiger partial charge in [-0.2, -0.15) is 0 Å². The summed E-state index contributed by atoms with van der Waals surface area (Å²) in [5, 5.41) is 0. The minimum atomic E-state index is -4.29. The van der Waals surface area contributed by atoms with Crippen LogP contribution in [-0.2, 0) is 27.9 Å². The molecule has 0 aromatic heterocycles. The Hall–Kier alpha value is -1.80. The Morgan fingerprint density at radius 3 is 1.32 bits per heavy atom. The molecule has 0 saturated heterocycles. The van der Waals surface area contributed by atoms with E-state index in [9.17, 15) is 14.3 Å². The molecular weight excluding hydrogens is 842 g/mol. The van der Waals surface area contributed by atoms with Crippen LogP contribution in [0.4, 0.5) is 0 Å². The topological polar surface area (TPSA) is 91.3 Å². The first kappa shape index (κ1) is 64.2. The van der Waals surface area contributed by atoms with E-state index in [4.69, 9.17) is 18.5 Å². The van der Waals surface area contributed by atoms with Gasteiger partial charge in [0.15, 0.2) is 0 Å². The Labute approximate surface area is 409 Å². The number of carbonyl (C=O) groups excluding carboxylic acids is 1. The molecule has 386 valence electrons. The number of phosphoric ester groups is 1. The van der Waals surface area contributed by atoms with E-state index < -0.39 is 13.9 Å². The second-order valence-corrected chi connectivity index (χ2v) is 21.0. The molecule has 8 nitrogen and oxygen atoms in total. The van der Waals surface area contributed by atoms with Gasteiger partial charge in [0.25, 0.3) is 0 Å². The number of phosphoric acid groups is 1. The van der Waals surface area contributed by atoms with Crippen LogP contribution in [0.2, 0.25) is 0 Å². The lowest BCUT2D eigenvalue weighted by Gasteiger charge is -2.24. The molecule has 2 unspecified atom stereocenters. The fraction of sp³-hybridized carbons (Fsp3) is 0.807. The average molecular weight is 949 g/mol. The van der Waals surface area contributed by atoms with Crippen molar-refractivity contribution in [1.29, 1.82) is 0 Å². The highest BCUT2D eigenvalue weighted by Crippen LogP contribution is 2.43. The van der Waals surface area contributed by atoms with E-state index in [0.717, 1.165) is 70.6 Å². The third-order valence-corrected chi connectivity index (χ3v) is 12.8. The monoisotopic (exact) mass is 949 g/mol. The van der Waals surface area contributed by atoms with Gasteiger partial charge in [0, 0.05) is 13.0 Å². The number of hydrogen-bond donors (Lipinski definition) is 1. The highest BCUT2D eigenvalue weighted by atomic mass is 31.2. The average Bonchev–Trinajstić information content (AvgIpc) is 3.28. The zero-order valence-corrected chi connectivity index (χ0v) is 44.8. The maximum Gasteiger partial charge on any atom is 0.472 e. The molecule has 0 aromatic carbocycles. The van der Waals surface area contributed by atoms with Crippen molar-refractivity contribution in [2.45, 2.75) is 245 Å². The molecule has 9 heteroatoms. The molecular formula is C57H107NO7P+. The van der Waals surface area contributed by atoms with E-state index in [1.807, 2.05) is 21.1 Å². The summed E-state index contributed by atoms with van der Waals surface area (Å²) in [6, 6.07) is 0. The van der Waals surface area contributed by atoms with E-state index >= 15 is 0 Å². The van der Waals surface area contributed by atoms with Gasteiger partial charge in [0.05, 0.1) is 34.4 Å². The smallest absolute Gasteiger partial charge is 0.457 e. The van der Waals surface area contributed by atoms with E-state index in [1.165, 1.54) is 148 Å². The van der Waals surface area contributed by atoms with Gasteiger partial charge >= 0.3 is 13.8 Å². The molecule has 0 saturated carbocycles. The lowest BCUT2D eigenvalue weighted by atomic mass is 10.0. The first-order chi connectivity index (χ1) is 32.1. The number of unbranched alkanes of at least 4 members (excludes halogenated alkanes) is 27. The Bertz CT molecular complexity index is 1240. The second-order valence-electron chi connectivity index (χ2n) is 19.6. The summed E-state index contributed by atoms with van der Waals surface area (Å²) in [6.45, 7) is 5.54. The van der Waals surface area contributed by atoms with Crippen LogP contribution in [0, 0.1) is 0 Å². The summed E-state index contributed by atoms with van der Waals surface area (Å²) in [7, 11) is 1.67. The standard InChI is InChI=1S/C57H106NO7P/c1-6-8-10-12-14-16-18-20-22-24-26-27-28-29-30-31-32-34-36-38-40-42-44-46-48-50-57(59)65-56(55-64-66(60,61)63-53-51-58(3,4)5)54-62-52-49-47-45-43-41-39-37-35-33-25-23-21-19-17-15-13-11-9-7-2/h8,10,14,16,20,22,26-27,29-30,56H,6-7,9,11-13,15,17-19,21,23-25,28,31-55H2,1-5H3/p+1/b10-8-,16-14-,22-20-,27-26-,30-29-. The Balaban J connectivity index is 4.11. The van der Waals surface area contributed by atoms with Gasteiger partial charge in [-0.1, -0.05) is 235 Å². The zero-order chi connectivity index (χ0) is 48.3. The van der Waals surface area contributed by atoms with Gasteiger partial charge in [-0.15, -0.1) is 0 Å². The van der Waals surface area contributed by atoms with Crippen molar-refractivity contribution in [1.82, 2.24) is 0 Å². The molecule has 0 fully saturated rings. The van der Waals surface area contributed by atoms with Crippen molar-refractivity contribution in [3.8, 4) is 0 Å². The summed E-state index contributed by atoms with van der Waals surface area (Å²) in [5.74, 6) is -0.318. The zero-order valence-electron chi connectivity index (χ0n) is 43.9. The third-order valence-electron chi connectivity index (χ3n) is 11.8. The first-order valence-electron chi connectivity index (χ1n) is 27.5.